The molecule has 0 atom stereocenters. The number of benzene rings is 2. The molecule has 0 aliphatic heterocycles. The average Bonchev–Trinajstić information content (AvgIpc) is 2.60. The highest BCUT2D eigenvalue weighted by atomic mass is 16.5. The second-order valence-corrected chi connectivity index (χ2v) is 5.11. The van der Waals surface area contributed by atoms with Gasteiger partial charge in [0, 0.05) is 26.3 Å². The number of amides is 1. The molecule has 120 valence electrons. The van der Waals surface area contributed by atoms with Gasteiger partial charge in [0.25, 0.3) is 5.91 Å². The molecule has 0 saturated carbocycles. The van der Waals surface area contributed by atoms with Crippen LogP contribution in [0.4, 0.5) is 5.69 Å². The van der Waals surface area contributed by atoms with E-state index in [1.54, 1.807) is 32.3 Å². The molecule has 1 amide bonds. The van der Waals surface area contributed by atoms with Gasteiger partial charge in [-0.1, -0.05) is 42.5 Å². The van der Waals surface area contributed by atoms with Crippen molar-refractivity contribution in [1.82, 2.24) is 4.90 Å². The van der Waals surface area contributed by atoms with Crippen LogP contribution in [0.2, 0.25) is 0 Å². The predicted octanol–water partition coefficient (Wildman–Crippen LogP) is 2.54. The summed E-state index contributed by atoms with van der Waals surface area (Å²) in [6, 6.07) is 16.7. The Morgan fingerprint density at radius 2 is 1.70 bits per heavy atom. The Balaban J connectivity index is 1.89. The number of hydrogen-bond acceptors (Lipinski definition) is 4. The number of hydrogen-bond donors (Lipinski definition) is 1. The lowest BCUT2D eigenvalue weighted by Gasteiger charge is -2.17. The van der Waals surface area contributed by atoms with Crippen LogP contribution in [-0.2, 0) is 16.1 Å². The van der Waals surface area contributed by atoms with E-state index in [0.29, 0.717) is 17.8 Å². The lowest BCUT2D eigenvalue weighted by atomic mass is 10.2. The van der Waals surface area contributed by atoms with Crippen LogP contribution in [0.3, 0.4) is 0 Å². The van der Waals surface area contributed by atoms with E-state index in [4.69, 9.17) is 4.74 Å². The smallest absolute Gasteiger partial charge is 0.340 e. The summed E-state index contributed by atoms with van der Waals surface area (Å²) in [5.74, 6) is -0.763. The molecule has 0 heterocycles. The Morgan fingerprint density at radius 3 is 2.39 bits per heavy atom. The fraction of sp³-hybridized carbons (Fsp3) is 0.222. The molecule has 0 radical (unpaired) electrons. The summed E-state index contributed by atoms with van der Waals surface area (Å²) in [6.45, 7) is 0.199. The summed E-state index contributed by atoms with van der Waals surface area (Å²) in [5, 5.41) is 2.92. The third kappa shape index (κ3) is 4.57. The standard InChI is InChI=1S/C18H20N2O3/c1-19-16-11-7-6-10-15(16)18(22)23-13-17(21)20(2)12-14-8-4-3-5-9-14/h3-11,19H,12-13H2,1-2H3. The maximum Gasteiger partial charge on any atom is 0.340 e. The fourth-order valence-electron chi connectivity index (χ4n) is 2.14. The molecular weight excluding hydrogens is 292 g/mol. The number of para-hydroxylation sites is 1. The minimum Gasteiger partial charge on any atom is -0.452 e. The highest BCUT2D eigenvalue weighted by Crippen LogP contribution is 2.15. The first-order valence-electron chi connectivity index (χ1n) is 7.33. The summed E-state index contributed by atoms with van der Waals surface area (Å²) < 4.78 is 5.12. The van der Waals surface area contributed by atoms with Gasteiger partial charge in [-0.15, -0.1) is 0 Å². The Morgan fingerprint density at radius 1 is 1.04 bits per heavy atom. The lowest BCUT2D eigenvalue weighted by molar-refractivity contribution is -0.133. The zero-order valence-corrected chi connectivity index (χ0v) is 13.3. The van der Waals surface area contributed by atoms with Crippen LogP contribution < -0.4 is 5.32 Å². The minimum absolute atomic E-state index is 0.246. The molecule has 2 aromatic carbocycles. The van der Waals surface area contributed by atoms with Gasteiger partial charge in [-0.05, 0) is 17.7 Å². The zero-order chi connectivity index (χ0) is 16.7. The molecule has 5 nitrogen and oxygen atoms in total. The van der Waals surface area contributed by atoms with E-state index in [1.807, 2.05) is 36.4 Å². The number of esters is 1. The van der Waals surface area contributed by atoms with E-state index < -0.39 is 5.97 Å². The van der Waals surface area contributed by atoms with Crippen LogP contribution in [0.5, 0.6) is 0 Å². The van der Waals surface area contributed by atoms with Gasteiger partial charge in [0.1, 0.15) is 0 Å². The molecule has 2 aromatic rings. The maximum absolute atomic E-state index is 12.1. The van der Waals surface area contributed by atoms with Crippen LogP contribution >= 0.6 is 0 Å². The number of rotatable bonds is 6. The Labute approximate surface area is 135 Å². The van der Waals surface area contributed by atoms with Crippen LogP contribution in [0.15, 0.2) is 54.6 Å². The molecule has 0 aliphatic carbocycles. The van der Waals surface area contributed by atoms with Crippen LogP contribution in [0.25, 0.3) is 0 Å². The van der Waals surface area contributed by atoms with Crippen LogP contribution in [0, 0.1) is 0 Å². The lowest BCUT2D eigenvalue weighted by Crippen LogP contribution is -2.30. The second-order valence-electron chi connectivity index (χ2n) is 5.11. The summed E-state index contributed by atoms with van der Waals surface area (Å²) >= 11 is 0. The fourth-order valence-corrected chi connectivity index (χ4v) is 2.14. The second kappa shape index (κ2) is 7.98. The molecule has 0 aliphatic rings. The molecule has 23 heavy (non-hydrogen) atoms. The molecule has 0 fully saturated rings. The summed E-state index contributed by atoms with van der Waals surface area (Å²) in [4.78, 5) is 25.7. The molecule has 1 N–H and O–H groups in total. The van der Waals surface area contributed by atoms with Crippen molar-refractivity contribution in [3.63, 3.8) is 0 Å². The first-order chi connectivity index (χ1) is 11.1. The first-order valence-corrected chi connectivity index (χ1v) is 7.33. The van der Waals surface area contributed by atoms with E-state index >= 15 is 0 Å². The van der Waals surface area contributed by atoms with E-state index in [0.717, 1.165) is 5.56 Å². The third-order valence-corrected chi connectivity index (χ3v) is 3.43. The van der Waals surface area contributed by atoms with Gasteiger partial charge in [0.05, 0.1) is 5.56 Å². The predicted molar refractivity (Wildman–Crippen MR) is 89.2 cm³/mol. The van der Waals surface area contributed by atoms with E-state index in [1.165, 1.54) is 4.90 Å². The number of carbonyl (C=O) groups excluding carboxylic acids is 2. The Hall–Kier alpha value is -2.82. The third-order valence-electron chi connectivity index (χ3n) is 3.43. The van der Waals surface area contributed by atoms with Gasteiger partial charge < -0.3 is 15.0 Å². The minimum atomic E-state index is -0.517. The van der Waals surface area contributed by atoms with Crippen molar-refractivity contribution in [2.45, 2.75) is 6.54 Å². The highest BCUT2D eigenvalue weighted by molar-refractivity contribution is 5.96. The van der Waals surface area contributed by atoms with Crippen molar-refractivity contribution in [2.24, 2.45) is 0 Å². The highest BCUT2D eigenvalue weighted by Gasteiger charge is 2.15. The van der Waals surface area contributed by atoms with Gasteiger partial charge in [0.2, 0.25) is 0 Å². The topological polar surface area (TPSA) is 58.6 Å². The van der Waals surface area contributed by atoms with Gasteiger partial charge in [-0.25, -0.2) is 4.79 Å². The summed E-state index contributed by atoms with van der Waals surface area (Å²) in [7, 11) is 3.41. The number of anilines is 1. The summed E-state index contributed by atoms with van der Waals surface area (Å²) in [6.07, 6.45) is 0. The van der Waals surface area contributed by atoms with Crippen molar-refractivity contribution in [1.29, 1.82) is 0 Å². The van der Waals surface area contributed by atoms with Gasteiger partial charge in [0.15, 0.2) is 6.61 Å². The molecule has 0 bridgehead atoms. The van der Waals surface area contributed by atoms with Crippen molar-refractivity contribution in [3.05, 3.63) is 65.7 Å². The molecule has 0 saturated heterocycles. The Kier molecular flexibility index (Phi) is 5.74. The Bertz CT molecular complexity index is 671. The number of carbonyl (C=O) groups is 2. The molecule has 2 rings (SSSR count). The molecule has 0 spiro atoms. The summed E-state index contributed by atoms with van der Waals surface area (Å²) in [5.41, 5.74) is 2.10. The maximum atomic E-state index is 12.1. The van der Waals surface area contributed by atoms with Crippen LogP contribution in [-0.4, -0.2) is 37.5 Å². The average molecular weight is 312 g/mol. The van der Waals surface area contributed by atoms with Crippen molar-refractivity contribution in [2.75, 3.05) is 26.0 Å². The van der Waals surface area contributed by atoms with Crippen molar-refractivity contribution in [3.8, 4) is 0 Å². The quantitative estimate of drug-likeness (QED) is 0.833. The number of nitrogens with one attached hydrogen (secondary N) is 1. The zero-order valence-electron chi connectivity index (χ0n) is 13.3. The van der Waals surface area contributed by atoms with Gasteiger partial charge in [-0.3, -0.25) is 4.79 Å². The molecule has 5 heteroatoms. The van der Waals surface area contributed by atoms with Gasteiger partial charge >= 0.3 is 5.97 Å². The number of nitrogens with zero attached hydrogens (tertiary/aromatic N) is 1. The molecular formula is C18H20N2O3. The monoisotopic (exact) mass is 312 g/mol. The van der Waals surface area contributed by atoms with Crippen molar-refractivity contribution >= 4 is 17.6 Å². The van der Waals surface area contributed by atoms with Crippen LogP contribution in [0.1, 0.15) is 15.9 Å². The first kappa shape index (κ1) is 16.5. The van der Waals surface area contributed by atoms with Gasteiger partial charge in [-0.2, -0.15) is 0 Å². The molecule has 0 unspecified atom stereocenters. The largest absolute Gasteiger partial charge is 0.452 e. The number of ether oxygens (including phenoxy) is 1. The van der Waals surface area contributed by atoms with Crippen molar-refractivity contribution < 1.29 is 14.3 Å². The van der Waals surface area contributed by atoms with E-state index in [2.05, 4.69) is 5.32 Å². The van der Waals surface area contributed by atoms with E-state index in [-0.39, 0.29) is 12.5 Å². The molecule has 0 aromatic heterocycles. The normalized spacial score (nSPS) is 10.0. The van der Waals surface area contributed by atoms with E-state index in [9.17, 15) is 9.59 Å². The number of likely N-dealkylation sites (N-methyl/N-ethyl adjacent to an activating group) is 1. The SMILES string of the molecule is CNc1ccccc1C(=O)OCC(=O)N(C)Cc1ccccc1.